The molecule has 0 bridgehead atoms. The van der Waals surface area contributed by atoms with Gasteiger partial charge in [0, 0.05) is 18.7 Å². The SMILES string of the molecule is CC1CC(C)CN(C(=O)c2ccccc2NC(=O)c2cccc(C(F)(F)F)c2)C1. The van der Waals surface area contributed by atoms with Crippen LogP contribution in [0.1, 0.15) is 46.5 Å². The molecule has 2 atom stereocenters. The lowest BCUT2D eigenvalue weighted by atomic mass is 9.91. The molecule has 2 unspecified atom stereocenters. The standard InChI is InChI=1S/C22H23F3N2O2/c1-14-10-15(2)13-27(12-14)21(29)18-8-3-4-9-19(18)26-20(28)16-6-5-7-17(11-16)22(23,24)25/h3-9,11,14-15H,10,12-13H2,1-2H3,(H,26,28). The van der Waals surface area contributed by atoms with Crippen molar-refractivity contribution in [3.8, 4) is 0 Å². The summed E-state index contributed by atoms with van der Waals surface area (Å²) in [5.41, 5.74) is -0.409. The minimum absolute atomic E-state index is 0.123. The van der Waals surface area contributed by atoms with Gasteiger partial charge in [0.05, 0.1) is 16.8 Å². The fourth-order valence-electron chi connectivity index (χ4n) is 3.81. The van der Waals surface area contributed by atoms with E-state index in [0.29, 0.717) is 30.5 Å². The predicted molar refractivity (Wildman–Crippen MR) is 105 cm³/mol. The summed E-state index contributed by atoms with van der Waals surface area (Å²) in [4.78, 5) is 27.4. The number of rotatable bonds is 3. The van der Waals surface area contributed by atoms with Gasteiger partial charge in [0.25, 0.3) is 11.8 Å². The zero-order chi connectivity index (χ0) is 21.2. The largest absolute Gasteiger partial charge is 0.416 e. The van der Waals surface area contributed by atoms with Crippen molar-refractivity contribution in [2.24, 2.45) is 11.8 Å². The molecule has 2 aromatic rings. The number of likely N-dealkylation sites (tertiary alicyclic amines) is 1. The molecule has 0 saturated carbocycles. The van der Waals surface area contributed by atoms with E-state index in [1.54, 1.807) is 29.2 Å². The smallest absolute Gasteiger partial charge is 0.338 e. The molecule has 154 valence electrons. The number of nitrogens with one attached hydrogen (secondary N) is 1. The molecule has 2 aromatic carbocycles. The highest BCUT2D eigenvalue weighted by atomic mass is 19.4. The van der Waals surface area contributed by atoms with Crippen molar-refractivity contribution in [3.05, 3.63) is 65.2 Å². The fraction of sp³-hybridized carbons (Fsp3) is 0.364. The number of alkyl halides is 3. The molecule has 7 heteroatoms. The molecule has 0 aliphatic carbocycles. The summed E-state index contributed by atoms with van der Waals surface area (Å²) < 4.78 is 38.7. The number of carbonyl (C=O) groups is 2. The van der Waals surface area contributed by atoms with E-state index >= 15 is 0 Å². The predicted octanol–water partition coefficient (Wildman–Crippen LogP) is 5.08. The average molecular weight is 404 g/mol. The first-order chi connectivity index (χ1) is 13.6. The van der Waals surface area contributed by atoms with Gasteiger partial charge in [0.1, 0.15) is 0 Å². The number of halogens is 3. The molecule has 1 heterocycles. The maximum Gasteiger partial charge on any atom is 0.416 e. The van der Waals surface area contributed by atoms with E-state index in [9.17, 15) is 22.8 Å². The van der Waals surface area contributed by atoms with Crippen LogP contribution in [0.25, 0.3) is 0 Å². The van der Waals surface area contributed by atoms with Crippen molar-refractivity contribution in [3.63, 3.8) is 0 Å². The molecule has 2 amide bonds. The van der Waals surface area contributed by atoms with Crippen molar-refractivity contribution in [1.29, 1.82) is 0 Å². The van der Waals surface area contributed by atoms with Crippen LogP contribution in [0.3, 0.4) is 0 Å². The second-order valence-electron chi connectivity index (χ2n) is 7.73. The van der Waals surface area contributed by atoms with Crippen LogP contribution < -0.4 is 5.32 Å². The van der Waals surface area contributed by atoms with Crippen LogP contribution in [0.15, 0.2) is 48.5 Å². The Bertz CT molecular complexity index is 901. The van der Waals surface area contributed by atoms with E-state index in [4.69, 9.17) is 0 Å². The van der Waals surface area contributed by atoms with E-state index in [1.165, 1.54) is 12.1 Å². The Balaban J connectivity index is 1.82. The zero-order valence-corrected chi connectivity index (χ0v) is 16.3. The number of hydrogen-bond acceptors (Lipinski definition) is 2. The van der Waals surface area contributed by atoms with Gasteiger partial charge >= 0.3 is 6.18 Å². The summed E-state index contributed by atoms with van der Waals surface area (Å²) in [7, 11) is 0. The van der Waals surface area contributed by atoms with Gasteiger partial charge in [-0.05, 0) is 48.6 Å². The minimum atomic E-state index is -4.54. The topological polar surface area (TPSA) is 49.4 Å². The molecule has 29 heavy (non-hydrogen) atoms. The van der Waals surface area contributed by atoms with Crippen molar-refractivity contribution in [2.45, 2.75) is 26.4 Å². The Hall–Kier alpha value is -2.83. The Morgan fingerprint density at radius 2 is 1.66 bits per heavy atom. The molecular formula is C22H23F3N2O2. The molecular weight excluding hydrogens is 381 g/mol. The molecule has 3 rings (SSSR count). The summed E-state index contributed by atoms with van der Waals surface area (Å²) in [5.74, 6) is -0.121. The molecule has 0 aromatic heterocycles. The lowest BCUT2D eigenvalue weighted by molar-refractivity contribution is -0.137. The van der Waals surface area contributed by atoms with Crippen LogP contribution in [0.2, 0.25) is 0 Å². The third kappa shape index (κ3) is 4.96. The number of carbonyl (C=O) groups excluding carboxylic acids is 2. The van der Waals surface area contributed by atoms with Crippen LogP contribution in [-0.2, 0) is 6.18 Å². The lowest BCUT2D eigenvalue weighted by Crippen LogP contribution is -2.42. The van der Waals surface area contributed by atoms with Crippen LogP contribution in [-0.4, -0.2) is 29.8 Å². The molecule has 4 nitrogen and oxygen atoms in total. The number of piperidine rings is 1. The van der Waals surface area contributed by atoms with Crippen molar-refractivity contribution < 1.29 is 22.8 Å². The quantitative estimate of drug-likeness (QED) is 0.776. The van der Waals surface area contributed by atoms with Crippen LogP contribution >= 0.6 is 0 Å². The summed E-state index contributed by atoms with van der Waals surface area (Å²) in [6.45, 7) is 5.46. The Labute approximate surface area is 167 Å². The second-order valence-corrected chi connectivity index (χ2v) is 7.73. The van der Waals surface area contributed by atoms with Crippen LogP contribution in [0.5, 0.6) is 0 Å². The molecule has 1 aliphatic rings. The maximum atomic E-state index is 13.0. The average Bonchev–Trinajstić information content (AvgIpc) is 2.66. The van der Waals surface area contributed by atoms with E-state index in [2.05, 4.69) is 19.2 Å². The van der Waals surface area contributed by atoms with E-state index in [0.717, 1.165) is 18.6 Å². The van der Waals surface area contributed by atoms with E-state index in [1.807, 2.05) is 0 Å². The summed E-state index contributed by atoms with van der Waals surface area (Å²) in [5, 5.41) is 2.59. The van der Waals surface area contributed by atoms with Crippen molar-refractivity contribution in [2.75, 3.05) is 18.4 Å². The summed E-state index contributed by atoms with van der Waals surface area (Å²) in [6.07, 6.45) is -3.48. The van der Waals surface area contributed by atoms with Gasteiger partial charge in [-0.1, -0.05) is 32.0 Å². The fourth-order valence-corrected chi connectivity index (χ4v) is 3.81. The highest BCUT2D eigenvalue weighted by molar-refractivity contribution is 6.09. The highest BCUT2D eigenvalue weighted by Crippen LogP contribution is 2.30. The number of hydrogen-bond donors (Lipinski definition) is 1. The van der Waals surface area contributed by atoms with E-state index < -0.39 is 17.6 Å². The molecule has 0 spiro atoms. The third-order valence-corrected chi connectivity index (χ3v) is 5.01. The van der Waals surface area contributed by atoms with Crippen molar-refractivity contribution >= 4 is 17.5 Å². The van der Waals surface area contributed by atoms with Crippen LogP contribution in [0, 0.1) is 11.8 Å². The second kappa shape index (κ2) is 8.27. The first-order valence-electron chi connectivity index (χ1n) is 9.52. The summed E-state index contributed by atoms with van der Waals surface area (Å²) >= 11 is 0. The van der Waals surface area contributed by atoms with Gasteiger partial charge in [0.2, 0.25) is 0 Å². The highest BCUT2D eigenvalue weighted by Gasteiger charge is 2.31. The van der Waals surface area contributed by atoms with Gasteiger partial charge in [-0.25, -0.2) is 0 Å². The van der Waals surface area contributed by atoms with Gasteiger partial charge in [-0.3, -0.25) is 9.59 Å². The first-order valence-corrected chi connectivity index (χ1v) is 9.52. The third-order valence-electron chi connectivity index (χ3n) is 5.01. The van der Waals surface area contributed by atoms with Gasteiger partial charge in [-0.2, -0.15) is 13.2 Å². The number of para-hydroxylation sites is 1. The van der Waals surface area contributed by atoms with Gasteiger partial charge < -0.3 is 10.2 Å². The Morgan fingerprint density at radius 1 is 1.00 bits per heavy atom. The molecule has 1 fully saturated rings. The number of benzene rings is 2. The Morgan fingerprint density at radius 3 is 2.31 bits per heavy atom. The molecule has 1 aliphatic heterocycles. The zero-order valence-electron chi connectivity index (χ0n) is 16.3. The monoisotopic (exact) mass is 404 g/mol. The van der Waals surface area contributed by atoms with Gasteiger partial charge in [0.15, 0.2) is 0 Å². The van der Waals surface area contributed by atoms with E-state index in [-0.39, 0.29) is 17.2 Å². The molecule has 1 saturated heterocycles. The van der Waals surface area contributed by atoms with Crippen LogP contribution in [0.4, 0.5) is 18.9 Å². The minimum Gasteiger partial charge on any atom is -0.338 e. The normalized spacial score (nSPS) is 19.7. The number of nitrogens with zero attached hydrogens (tertiary/aromatic N) is 1. The summed E-state index contributed by atoms with van der Waals surface area (Å²) in [6, 6.07) is 10.8. The first kappa shape index (κ1) is 20.9. The lowest BCUT2D eigenvalue weighted by Gasteiger charge is -2.35. The van der Waals surface area contributed by atoms with Gasteiger partial charge in [-0.15, -0.1) is 0 Å². The Kier molecular flexibility index (Phi) is 5.96. The maximum absolute atomic E-state index is 13.0. The number of anilines is 1. The molecule has 0 radical (unpaired) electrons. The van der Waals surface area contributed by atoms with Crippen molar-refractivity contribution in [1.82, 2.24) is 4.90 Å². The number of amides is 2. The molecule has 1 N–H and O–H groups in total.